The molecule has 208 valence electrons. The number of pyridine rings is 1. The van der Waals surface area contributed by atoms with E-state index in [0.717, 1.165) is 29.9 Å². The van der Waals surface area contributed by atoms with Gasteiger partial charge in [0.2, 0.25) is 0 Å². The number of hydrogen-bond donors (Lipinski definition) is 2. The molecule has 2 N–H and O–H groups in total. The molecule has 0 fully saturated rings. The number of halogens is 3. The van der Waals surface area contributed by atoms with Crippen LogP contribution in [0.25, 0.3) is 38.7 Å². The molecule has 0 spiro atoms. The number of amides is 1. The van der Waals surface area contributed by atoms with Crippen molar-refractivity contribution in [3.63, 3.8) is 0 Å². The number of carbonyl (C=O) groups excluding carboxylic acids is 1. The molecule has 0 aliphatic carbocycles. The number of aromatic amines is 1. The van der Waals surface area contributed by atoms with Crippen LogP contribution < -0.4 is 5.32 Å². The Kier molecular flexibility index (Phi) is 7.68. The maximum absolute atomic E-state index is 13.7. The minimum atomic E-state index is -4.71. The zero-order valence-electron chi connectivity index (χ0n) is 22.0. The van der Waals surface area contributed by atoms with Gasteiger partial charge in [0.05, 0.1) is 39.3 Å². The van der Waals surface area contributed by atoms with Gasteiger partial charge in [-0.15, -0.1) is 11.3 Å². The van der Waals surface area contributed by atoms with Crippen molar-refractivity contribution < 1.29 is 18.0 Å². The van der Waals surface area contributed by atoms with Gasteiger partial charge in [-0.3, -0.25) is 14.8 Å². The molecular weight excluding hydrogens is 541 g/mol. The van der Waals surface area contributed by atoms with E-state index in [1.54, 1.807) is 16.8 Å². The summed E-state index contributed by atoms with van der Waals surface area (Å²) in [6, 6.07) is 8.66. The summed E-state index contributed by atoms with van der Waals surface area (Å²) in [5, 5.41) is 14.9. The third kappa shape index (κ3) is 5.47. The molecule has 5 aromatic rings. The van der Waals surface area contributed by atoms with E-state index >= 15 is 0 Å². The first-order valence-corrected chi connectivity index (χ1v) is 13.6. The monoisotopic (exact) mass is 568 g/mol. The Morgan fingerprint density at radius 1 is 1.12 bits per heavy atom. The Morgan fingerprint density at radius 2 is 1.88 bits per heavy atom. The standard InChI is InChI=1S/C27H27F3N8OS/c1-4-37(5-2)16(3)13-31-26(39)17-11-21(18-14-32-36-24(18)27(28,29)30)34-22(12-17)19-15-33-38-9-8-20(35-25(19)38)23-7-6-10-40-23/h6-12,14-16H,4-5,13H2,1-3H3,(H,31,39)(H,32,36)/t16-/m0/s1. The Hall–Kier alpha value is -4.10. The molecule has 0 radical (unpaired) electrons. The van der Waals surface area contributed by atoms with Gasteiger partial charge in [-0.25, -0.2) is 14.5 Å². The minimum Gasteiger partial charge on any atom is -0.350 e. The highest BCUT2D eigenvalue weighted by molar-refractivity contribution is 7.13. The van der Waals surface area contributed by atoms with Gasteiger partial charge in [0.1, 0.15) is 0 Å². The van der Waals surface area contributed by atoms with Gasteiger partial charge in [0, 0.05) is 30.5 Å². The molecule has 0 aliphatic rings. The Bertz CT molecular complexity index is 1620. The summed E-state index contributed by atoms with van der Waals surface area (Å²) in [7, 11) is 0. The normalized spacial score (nSPS) is 12.8. The topological polar surface area (TPSA) is 104 Å². The first kappa shape index (κ1) is 27.5. The van der Waals surface area contributed by atoms with Crippen LogP contribution in [0.4, 0.5) is 13.2 Å². The molecule has 0 saturated heterocycles. The summed E-state index contributed by atoms with van der Waals surface area (Å²) in [6.07, 6.45) is -0.292. The lowest BCUT2D eigenvalue weighted by Gasteiger charge is -2.26. The van der Waals surface area contributed by atoms with Gasteiger partial charge in [-0.1, -0.05) is 19.9 Å². The van der Waals surface area contributed by atoms with Crippen molar-refractivity contribution in [3.05, 3.63) is 65.6 Å². The van der Waals surface area contributed by atoms with Crippen molar-refractivity contribution in [2.24, 2.45) is 0 Å². The van der Waals surface area contributed by atoms with Crippen LogP contribution >= 0.6 is 11.3 Å². The van der Waals surface area contributed by atoms with Crippen molar-refractivity contribution in [1.29, 1.82) is 0 Å². The Labute approximate surface area is 232 Å². The van der Waals surface area contributed by atoms with Gasteiger partial charge in [0.25, 0.3) is 5.91 Å². The number of fused-ring (bicyclic) bond motifs is 1. The summed E-state index contributed by atoms with van der Waals surface area (Å²) in [5.74, 6) is -0.426. The number of nitrogens with zero attached hydrogens (tertiary/aromatic N) is 6. The molecule has 1 atom stereocenters. The third-order valence-electron chi connectivity index (χ3n) is 6.68. The molecule has 5 heterocycles. The smallest absolute Gasteiger partial charge is 0.350 e. The number of carbonyl (C=O) groups is 1. The number of thiophene rings is 1. The molecule has 9 nitrogen and oxygen atoms in total. The lowest BCUT2D eigenvalue weighted by Crippen LogP contribution is -2.42. The van der Waals surface area contributed by atoms with Crippen molar-refractivity contribution in [1.82, 2.24) is 40.0 Å². The molecule has 13 heteroatoms. The predicted molar refractivity (Wildman–Crippen MR) is 147 cm³/mol. The van der Waals surface area contributed by atoms with Gasteiger partial charge < -0.3 is 5.32 Å². The van der Waals surface area contributed by atoms with E-state index < -0.39 is 17.8 Å². The van der Waals surface area contributed by atoms with E-state index in [4.69, 9.17) is 4.98 Å². The first-order valence-electron chi connectivity index (χ1n) is 12.7. The maximum atomic E-state index is 13.7. The average Bonchev–Trinajstić information content (AvgIpc) is 3.72. The third-order valence-corrected chi connectivity index (χ3v) is 7.58. The number of nitrogens with one attached hydrogen (secondary N) is 2. The summed E-state index contributed by atoms with van der Waals surface area (Å²) < 4.78 is 42.7. The fraction of sp³-hybridized carbons (Fsp3) is 0.296. The minimum absolute atomic E-state index is 0.0470. The molecule has 0 saturated carbocycles. The largest absolute Gasteiger partial charge is 0.435 e. The Morgan fingerprint density at radius 3 is 2.55 bits per heavy atom. The number of H-pyrrole nitrogens is 1. The highest BCUT2D eigenvalue weighted by atomic mass is 32.1. The zero-order chi connectivity index (χ0) is 28.4. The van der Waals surface area contributed by atoms with Crippen LogP contribution in [-0.2, 0) is 6.18 Å². The maximum Gasteiger partial charge on any atom is 0.435 e. The van der Waals surface area contributed by atoms with Crippen molar-refractivity contribution in [3.8, 4) is 33.1 Å². The van der Waals surface area contributed by atoms with Crippen LogP contribution in [-0.4, -0.2) is 66.3 Å². The summed E-state index contributed by atoms with van der Waals surface area (Å²) in [6.45, 7) is 8.12. The van der Waals surface area contributed by atoms with E-state index in [1.807, 2.05) is 44.4 Å². The van der Waals surface area contributed by atoms with Crippen molar-refractivity contribution in [2.45, 2.75) is 33.0 Å². The summed E-state index contributed by atoms with van der Waals surface area (Å²) in [4.78, 5) is 25.7. The second-order valence-corrected chi connectivity index (χ2v) is 10.1. The van der Waals surface area contributed by atoms with Gasteiger partial charge in [-0.05, 0) is 49.7 Å². The molecule has 1 amide bonds. The van der Waals surface area contributed by atoms with Gasteiger partial charge in [0.15, 0.2) is 11.3 Å². The molecule has 0 aliphatic heterocycles. The quantitative estimate of drug-likeness (QED) is 0.247. The van der Waals surface area contributed by atoms with Crippen LogP contribution in [0.5, 0.6) is 0 Å². The molecule has 0 bridgehead atoms. The van der Waals surface area contributed by atoms with Crippen LogP contribution in [0, 0.1) is 0 Å². The second-order valence-electron chi connectivity index (χ2n) is 9.17. The van der Waals surface area contributed by atoms with Crippen molar-refractivity contribution >= 4 is 22.9 Å². The average molecular weight is 569 g/mol. The van der Waals surface area contributed by atoms with Crippen LogP contribution in [0.15, 0.2) is 54.3 Å². The lowest BCUT2D eigenvalue weighted by molar-refractivity contribution is -0.140. The number of likely N-dealkylation sites (N-methyl/N-ethyl adjacent to an activating group) is 1. The lowest BCUT2D eigenvalue weighted by atomic mass is 10.1. The SMILES string of the molecule is CCN(CC)[C@@H](C)CNC(=O)c1cc(-c2c[nH]nc2C(F)(F)F)nc(-c2cnn3ccc(-c4cccs4)nc23)c1. The molecule has 0 unspecified atom stereocenters. The Balaban J connectivity index is 1.59. The summed E-state index contributed by atoms with van der Waals surface area (Å²) >= 11 is 1.53. The first-order chi connectivity index (χ1) is 19.2. The highest BCUT2D eigenvalue weighted by Gasteiger charge is 2.37. The van der Waals surface area contributed by atoms with E-state index in [-0.39, 0.29) is 28.6 Å². The van der Waals surface area contributed by atoms with Gasteiger partial charge >= 0.3 is 6.18 Å². The van der Waals surface area contributed by atoms with Crippen LogP contribution in [0.3, 0.4) is 0 Å². The highest BCUT2D eigenvalue weighted by Crippen LogP contribution is 2.36. The van der Waals surface area contributed by atoms with Crippen LogP contribution in [0.2, 0.25) is 0 Å². The molecule has 40 heavy (non-hydrogen) atoms. The van der Waals surface area contributed by atoms with E-state index in [9.17, 15) is 18.0 Å². The number of rotatable bonds is 9. The summed E-state index contributed by atoms with van der Waals surface area (Å²) in [5.41, 5.74) is 0.657. The second kappa shape index (κ2) is 11.2. The zero-order valence-corrected chi connectivity index (χ0v) is 22.8. The van der Waals surface area contributed by atoms with Gasteiger partial charge in [-0.2, -0.15) is 23.4 Å². The molecular formula is C27H27F3N8OS. The van der Waals surface area contributed by atoms with E-state index in [0.29, 0.717) is 17.8 Å². The molecule has 0 aromatic carbocycles. The fourth-order valence-electron chi connectivity index (χ4n) is 4.57. The van der Waals surface area contributed by atoms with E-state index in [2.05, 4.69) is 30.5 Å². The van der Waals surface area contributed by atoms with E-state index in [1.165, 1.54) is 23.6 Å². The molecule has 5 rings (SSSR count). The molecule has 5 aromatic heterocycles. The number of alkyl halides is 3. The van der Waals surface area contributed by atoms with Crippen molar-refractivity contribution in [2.75, 3.05) is 19.6 Å². The number of aromatic nitrogens is 6. The fourth-order valence-corrected chi connectivity index (χ4v) is 5.26. The van der Waals surface area contributed by atoms with Crippen LogP contribution in [0.1, 0.15) is 36.8 Å². The predicted octanol–water partition coefficient (Wildman–Crippen LogP) is 5.39. The number of hydrogen-bond acceptors (Lipinski definition) is 7.